The molecule has 0 radical (unpaired) electrons. The van der Waals surface area contributed by atoms with Gasteiger partial charge in [-0.3, -0.25) is 10.1 Å². The number of carbonyl (C=O) groups is 1. The summed E-state index contributed by atoms with van der Waals surface area (Å²) in [6.07, 6.45) is -5.91. The Morgan fingerprint density at radius 3 is 2.54 bits per heavy atom. The zero-order chi connectivity index (χ0) is 20.9. The van der Waals surface area contributed by atoms with Gasteiger partial charge in [-0.2, -0.15) is 22.0 Å². The molecule has 0 spiro atoms. The monoisotopic (exact) mass is 441 g/mol. The summed E-state index contributed by atoms with van der Waals surface area (Å²) in [4.78, 5) is 24.2. The number of anilines is 1. The van der Waals surface area contributed by atoms with E-state index >= 15 is 0 Å². The normalized spacial score (nSPS) is 12.4. The van der Waals surface area contributed by atoms with E-state index in [-0.39, 0.29) is 27.3 Å². The second-order valence-corrected chi connectivity index (χ2v) is 6.61. The molecule has 14 heteroatoms. The van der Waals surface area contributed by atoms with Crippen LogP contribution in [0.4, 0.5) is 27.1 Å². The summed E-state index contributed by atoms with van der Waals surface area (Å²) in [5.41, 5.74) is -2.33. The van der Waals surface area contributed by atoms with Gasteiger partial charge >= 0.3 is 17.7 Å². The molecule has 2 heterocycles. The molecule has 1 amide bonds. The Hall–Kier alpha value is -2.80. The molecule has 3 rings (SSSR count). The Balaban J connectivity index is 1.95. The van der Waals surface area contributed by atoms with E-state index in [4.69, 9.17) is 16.0 Å². The molecule has 0 aliphatic carbocycles. The number of aromatic hydroxyl groups is 1. The van der Waals surface area contributed by atoms with E-state index in [1.54, 1.807) is 0 Å². The number of benzene rings is 1. The quantitative estimate of drug-likeness (QED) is 0.471. The minimum absolute atomic E-state index is 0.0595. The van der Waals surface area contributed by atoms with Gasteiger partial charge in [0, 0.05) is 11.1 Å². The average molecular weight is 442 g/mol. The largest absolute Gasteiger partial charge is 0.506 e. The van der Waals surface area contributed by atoms with E-state index in [9.17, 15) is 36.6 Å². The molecular weight excluding hydrogens is 437 g/mol. The Bertz CT molecular complexity index is 1140. The Kier molecular flexibility index (Phi) is 4.75. The Morgan fingerprint density at radius 1 is 1.21 bits per heavy atom. The second-order valence-electron chi connectivity index (χ2n) is 5.19. The number of alkyl halides is 5. The Morgan fingerprint density at radius 2 is 1.89 bits per heavy atom. The van der Waals surface area contributed by atoms with Crippen LogP contribution in [0.15, 0.2) is 27.4 Å². The molecule has 0 unspecified atom stereocenters. The van der Waals surface area contributed by atoms with Crippen LogP contribution in [-0.4, -0.2) is 27.4 Å². The van der Waals surface area contributed by atoms with Crippen LogP contribution in [0.25, 0.3) is 11.0 Å². The molecule has 7 nitrogen and oxygen atoms in total. The van der Waals surface area contributed by atoms with Crippen LogP contribution in [-0.2, 0) is 5.92 Å². The molecule has 0 bridgehead atoms. The van der Waals surface area contributed by atoms with Crippen LogP contribution < -0.4 is 10.9 Å². The van der Waals surface area contributed by atoms with E-state index in [2.05, 4.69) is 10.2 Å². The van der Waals surface area contributed by atoms with Gasteiger partial charge in [0.25, 0.3) is 5.91 Å². The highest BCUT2D eigenvalue weighted by Crippen LogP contribution is 2.45. The van der Waals surface area contributed by atoms with Gasteiger partial charge in [0.1, 0.15) is 11.3 Å². The van der Waals surface area contributed by atoms with Gasteiger partial charge in [-0.15, -0.1) is 10.2 Å². The van der Waals surface area contributed by atoms with Crippen molar-refractivity contribution in [2.24, 2.45) is 0 Å². The Labute approximate surface area is 159 Å². The third-order valence-electron chi connectivity index (χ3n) is 3.34. The van der Waals surface area contributed by atoms with Crippen molar-refractivity contribution in [3.05, 3.63) is 44.2 Å². The molecule has 2 aromatic heterocycles. The number of carbonyl (C=O) groups excluding carboxylic acids is 1. The summed E-state index contributed by atoms with van der Waals surface area (Å²) >= 11 is 5.48. The van der Waals surface area contributed by atoms with Crippen molar-refractivity contribution >= 4 is 44.9 Å². The number of hydrogen-bond acceptors (Lipinski definition) is 7. The fraction of sp³-hybridized carbons (Fsp3) is 0.143. The number of amides is 1. The first-order valence-corrected chi connectivity index (χ1v) is 8.16. The summed E-state index contributed by atoms with van der Waals surface area (Å²) in [5, 5.41) is 15.4. The predicted octanol–water partition coefficient (Wildman–Crippen LogP) is 3.91. The summed E-state index contributed by atoms with van der Waals surface area (Å²) in [6.45, 7) is 0. The first-order chi connectivity index (χ1) is 12.9. The van der Waals surface area contributed by atoms with Crippen LogP contribution in [0.2, 0.25) is 5.02 Å². The van der Waals surface area contributed by atoms with E-state index in [0.717, 1.165) is 0 Å². The molecule has 0 aliphatic heterocycles. The number of hydrogen-bond donors (Lipinski definition) is 2. The molecular formula is C14H5ClF5N3O4S. The molecule has 0 saturated heterocycles. The molecule has 28 heavy (non-hydrogen) atoms. The van der Waals surface area contributed by atoms with E-state index < -0.39 is 45.1 Å². The number of fused-ring (bicyclic) bond motifs is 1. The van der Waals surface area contributed by atoms with Crippen LogP contribution in [0.1, 0.15) is 15.4 Å². The van der Waals surface area contributed by atoms with Gasteiger partial charge in [-0.1, -0.05) is 22.9 Å². The molecule has 1 aromatic carbocycles. The first-order valence-electron chi connectivity index (χ1n) is 6.97. The summed E-state index contributed by atoms with van der Waals surface area (Å²) in [6, 6.07) is 3.79. The van der Waals surface area contributed by atoms with Crippen molar-refractivity contribution in [1.29, 1.82) is 0 Å². The lowest BCUT2D eigenvalue weighted by Gasteiger charge is -2.15. The van der Waals surface area contributed by atoms with E-state index in [0.29, 0.717) is 0 Å². The van der Waals surface area contributed by atoms with Crippen molar-refractivity contribution in [2.45, 2.75) is 12.1 Å². The third-order valence-corrected chi connectivity index (χ3v) is 4.48. The van der Waals surface area contributed by atoms with E-state index in [1.807, 2.05) is 5.32 Å². The maximum Gasteiger partial charge on any atom is 0.460 e. The number of nitrogens with one attached hydrogen (secondary N) is 1. The molecule has 148 valence electrons. The predicted molar refractivity (Wildman–Crippen MR) is 87.0 cm³/mol. The zero-order valence-corrected chi connectivity index (χ0v) is 14.5. The first kappa shape index (κ1) is 19.9. The van der Waals surface area contributed by atoms with Gasteiger partial charge in [-0.25, -0.2) is 4.79 Å². The van der Waals surface area contributed by atoms with Crippen LogP contribution in [0, 0.1) is 0 Å². The minimum Gasteiger partial charge on any atom is -0.506 e. The third kappa shape index (κ3) is 3.38. The lowest BCUT2D eigenvalue weighted by Crippen LogP contribution is -2.33. The molecule has 0 aliphatic rings. The maximum atomic E-state index is 13.2. The molecule has 0 atom stereocenters. The van der Waals surface area contributed by atoms with Gasteiger partial charge in [0.2, 0.25) is 5.13 Å². The molecule has 0 fully saturated rings. The van der Waals surface area contributed by atoms with Gasteiger partial charge in [0.05, 0.1) is 5.39 Å². The van der Waals surface area contributed by atoms with Gasteiger partial charge in [-0.05, 0) is 12.1 Å². The van der Waals surface area contributed by atoms with Gasteiger partial charge in [0.15, 0.2) is 10.6 Å². The SMILES string of the molecule is O=C(Nc1nnc(C(F)(F)C(F)(F)F)s1)c1c(O)c2ccc(Cl)cc2oc1=O. The number of halogens is 6. The molecule has 0 saturated carbocycles. The standard InChI is InChI=1S/C14H5ClF5N3O4S/c15-4-1-2-5-6(3-4)27-10(26)7(8(5)24)9(25)21-12-23-22-11(28-12)13(16,17)14(18,19)20/h1-3,24H,(H,21,23,25). The number of rotatable bonds is 3. The summed E-state index contributed by atoms with van der Waals surface area (Å²) in [7, 11) is 0. The van der Waals surface area contributed by atoms with E-state index in [1.165, 1.54) is 18.2 Å². The van der Waals surface area contributed by atoms with Crippen molar-refractivity contribution < 1.29 is 36.3 Å². The zero-order valence-electron chi connectivity index (χ0n) is 13.0. The lowest BCUT2D eigenvalue weighted by atomic mass is 10.1. The summed E-state index contributed by atoms with van der Waals surface area (Å²) < 4.78 is 68.3. The fourth-order valence-corrected chi connectivity index (χ4v) is 2.94. The van der Waals surface area contributed by atoms with Crippen LogP contribution >= 0.6 is 22.9 Å². The lowest BCUT2D eigenvalue weighted by molar-refractivity contribution is -0.289. The van der Waals surface area contributed by atoms with Crippen LogP contribution in [0.3, 0.4) is 0 Å². The van der Waals surface area contributed by atoms with Crippen molar-refractivity contribution in [2.75, 3.05) is 5.32 Å². The number of aromatic nitrogens is 2. The van der Waals surface area contributed by atoms with Crippen LogP contribution in [0.5, 0.6) is 5.75 Å². The highest BCUT2D eigenvalue weighted by atomic mass is 35.5. The smallest absolute Gasteiger partial charge is 0.460 e. The highest BCUT2D eigenvalue weighted by Gasteiger charge is 2.61. The summed E-state index contributed by atoms with van der Waals surface area (Å²) in [5.74, 6) is -7.43. The maximum absolute atomic E-state index is 13.2. The second kappa shape index (κ2) is 6.67. The minimum atomic E-state index is -5.91. The average Bonchev–Trinajstić information content (AvgIpc) is 3.02. The molecule has 3 aromatic rings. The number of nitrogens with zero attached hydrogens (tertiary/aromatic N) is 2. The van der Waals surface area contributed by atoms with Crippen molar-refractivity contribution in [1.82, 2.24) is 10.2 Å². The fourth-order valence-electron chi connectivity index (χ4n) is 2.04. The topological polar surface area (TPSA) is 105 Å². The van der Waals surface area contributed by atoms with Crippen molar-refractivity contribution in [3.63, 3.8) is 0 Å². The molecule has 2 N–H and O–H groups in total. The van der Waals surface area contributed by atoms with Gasteiger partial charge < -0.3 is 9.52 Å². The highest BCUT2D eigenvalue weighted by molar-refractivity contribution is 7.15. The van der Waals surface area contributed by atoms with Crippen molar-refractivity contribution in [3.8, 4) is 5.75 Å².